The molecular formula is C31H28N2O3. The van der Waals surface area contributed by atoms with Gasteiger partial charge >= 0.3 is 6.09 Å². The number of ether oxygens (including phenoxy) is 2. The third-order valence-electron chi connectivity index (χ3n) is 7.88. The van der Waals surface area contributed by atoms with Crippen molar-refractivity contribution in [3.05, 3.63) is 95.1 Å². The van der Waals surface area contributed by atoms with E-state index in [-0.39, 0.29) is 24.1 Å². The summed E-state index contributed by atoms with van der Waals surface area (Å²) in [5.74, 6) is 0.779. The molecule has 2 bridgehead atoms. The van der Waals surface area contributed by atoms with Gasteiger partial charge in [-0.2, -0.15) is 5.26 Å². The number of piperidine rings is 1. The molecule has 2 heterocycles. The molecule has 5 heteroatoms. The van der Waals surface area contributed by atoms with Gasteiger partial charge in [0, 0.05) is 12.0 Å². The van der Waals surface area contributed by atoms with E-state index in [2.05, 4.69) is 60.7 Å². The molecule has 0 radical (unpaired) electrons. The van der Waals surface area contributed by atoms with Gasteiger partial charge in [0.2, 0.25) is 0 Å². The van der Waals surface area contributed by atoms with E-state index in [1.165, 1.54) is 22.3 Å². The maximum atomic E-state index is 13.5. The Kier molecular flexibility index (Phi) is 5.73. The summed E-state index contributed by atoms with van der Waals surface area (Å²) in [7, 11) is 1.63. The lowest BCUT2D eigenvalue weighted by atomic mass is 9.82. The van der Waals surface area contributed by atoms with E-state index in [0.29, 0.717) is 18.6 Å². The van der Waals surface area contributed by atoms with Crippen molar-refractivity contribution in [2.45, 2.75) is 43.7 Å². The Labute approximate surface area is 211 Å². The summed E-state index contributed by atoms with van der Waals surface area (Å²) in [4.78, 5) is 15.4. The predicted molar refractivity (Wildman–Crippen MR) is 139 cm³/mol. The fraction of sp³-hybridized carbons (Fsp3) is 0.290. The van der Waals surface area contributed by atoms with Crippen LogP contribution in [0.5, 0.6) is 5.75 Å². The van der Waals surface area contributed by atoms with Gasteiger partial charge < -0.3 is 9.47 Å². The Balaban J connectivity index is 1.24. The first kappa shape index (κ1) is 22.4. The van der Waals surface area contributed by atoms with Crippen LogP contribution >= 0.6 is 0 Å². The van der Waals surface area contributed by atoms with Crippen LogP contribution in [0.25, 0.3) is 16.7 Å². The number of nitriles is 1. The van der Waals surface area contributed by atoms with E-state index in [9.17, 15) is 10.1 Å². The quantitative estimate of drug-likeness (QED) is 0.430. The molecule has 0 spiro atoms. The summed E-state index contributed by atoms with van der Waals surface area (Å²) in [5.41, 5.74) is 7.54. The van der Waals surface area contributed by atoms with Crippen LogP contribution in [-0.4, -0.2) is 36.8 Å². The Hall–Kier alpha value is -4.04. The van der Waals surface area contributed by atoms with Crippen LogP contribution in [0.4, 0.5) is 4.79 Å². The lowest BCUT2D eigenvalue weighted by molar-refractivity contribution is 0.0539. The first-order chi connectivity index (χ1) is 17.7. The summed E-state index contributed by atoms with van der Waals surface area (Å²) in [6.45, 7) is 0.327. The molecule has 0 N–H and O–H groups in total. The van der Waals surface area contributed by atoms with Gasteiger partial charge in [-0.25, -0.2) is 4.79 Å². The zero-order valence-electron chi connectivity index (χ0n) is 20.3. The SMILES string of the molecule is COc1ccc(C#N)c(C2=CC3CCCC(C2)N3C(=O)OCC2c3ccccc3-c3ccccc32)c1. The van der Waals surface area contributed by atoms with Crippen molar-refractivity contribution in [1.29, 1.82) is 5.26 Å². The van der Waals surface area contributed by atoms with Crippen LogP contribution in [0.3, 0.4) is 0 Å². The second-order valence-electron chi connectivity index (χ2n) is 9.78. The third kappa shape index (κ3) is 3.74. The summed E-state index contributed by atoms with van der Waals surface area (Å²) in [6.07, 6.45) is 5.54. The van der Waals surface area contributed by atoms with Crippen molar-refractivity contribution in [1.82, 2.24) is 4.90 Å². The average Bonchev–Trinajstić information content (AvgIpc) is 3.24. The van der Waals surface area contributed by atoms with Crippen LogP contribution in [0.15, 0.2) is 72.8 Å². The molecule has 3 aliphatic rings. The fourth-order valence-corrected chi connectivity index (χ4v) is 6.20. The van der Waals surface area contributed by atoms with Crippen LogP contribution in [0.1, 0.15) is 53.9 Å². The minimum absolute atomic E-state index is 0.0269. The highest BCUT2D eigenvalue weighted by Gasteiger charge is 2.39. The maximum absolute atomic E-state index is 13.5. The molecule has 2 atom stereocenters. The molecule has 1 fully saturated rings. The van der Waals surface area contributed by atoms with Crippen molar-refractivity contribution >= 4 is 11.7 Å². The molecule has 1 saturated heterocycles. The monoisotopic (exact) mass is 476 g/mol. The third-order valence-corrected chi connectivity index (χ3v) is 7.88. The molecule has 180 valence electrons. The Morgan fingerprint density at radius 3 is 2.39 bits per heavy atom. The van der Waals surface area contributed by atoms with Crippen LogP contribution in [0, 0.1) is 11.3 Å². The number of carbonyl (C=O) groups is 1. The molecule has 5 nitrogen and oxygen atoms in total. The van der Waals surface area contributed by atoms with E-state index < -0.39 is 0 Å². The Morgan fingerprint density at radius 2 is 1.72 bits per heavy atom. The molecule has 2 aliphatic heterocycles. The van der Waals surface area contributed by atoms with E-state index in [0.717, 1.165) is 36.1 Å². The van der Waals surface area contributed by atoms with E-state index in [1.54, 1.807) is 7.11 Å². The molecule has 2 unspecified atom stereocenters. The van der Waals surface area contributed by atoms with Gasteiger partial charge in [0.25, 0.3) is 0 Å². The first-order valence-corrected chi connectivity index (χ1v) is 12.6. The zero-order chi connectivity index (χ0) is 24.6. The average molecular weight is 477 g/mol. The minimum Gasteiger partial charge on any atom is -0.497 e. The number of hydrogen-bond acceptors (Lipinski definition) is 4. The second kappa shape index (κ2) is 9.20. The van der Waals surface area contributed by atoms with E-state index >= 15 is 0 Å². The predicted octanol–water partition coefficient (Wildman–Crippen LogP) is 6.53. The molecular weight excluding hydrogens is 448 g/mol. The number of benzene rings is 3. The molecule has 0 aromatic heterocycles. The van der Waals surface area contributed by atoms with Crippen LogP contribution in [-0.2, 0) is 4.74 Å². The minimum atomic E-state index is -0.243. The number of methoxy groups -OCH3 is 1. The number of fused-ring (bicyclic) bond motifs is 5. The van der Waals surface area contributed by atoms with E-state index in [1.807, 2.05) is 23.1 Å². The number of amides is 1. The largest absolute Gasteiger partial charge is 0.497 e. The first-order valence-electron chi connectivity index (χ1n) is 12.6. The molecule has 6 rings (SSSR count). The van der Waals surface area contributed by atoms with Crippen molar-refractivity contribution in [3.63, 3.8) is 0 Å². The smallest absolute Gasteiger partial charge is 0.410 e. The standard InChI is InChI=1S/C31H28N2O3/c1-35-24-14-13-20(18-32)29(17-24)21-15-22-7-6-8-23(16-21)33(22)31(34)36-19-30-27-11-4-2-9-25(27)26-10-3-5-12-28(26)30/h2-5,9-15,17,22-23,30H,6-8,16,19H2,1H3. The highest BCUT2D eigenvalue weighted by Crippen LogP contribution is 2.45. The summed E-state index contributed by atoms with van der Waals surface area (Å²) in [6, 6.07) is 24.7. The lowest BCUT2D eigenvalue weighted by Crippen LogP contribution is -2.51. The van der Waals surface area contributed by atoms with Crippen molar-refractivity contribution < 1.29 is 14.3 Å². The van der Waals surface area contributed by atoms with Gasteiger partial charge in [-0.05, 0) is 77.3 Å². The normalized spacial score (nSPS) is 20.1. The number of rotatable bonds is 4. The van der Waals surface area contributed by atoms with Gasteiger partial charge in [-0.3, -0.25) is 4.90 Å². The summed E-state index contributed by atoms with van der Waals surface area (Å²) >= 11 is 0. The molecule has 1 aliphatic carbocycles. The van der Waals surface area contributed by atoms with E-state index in [4.69, 9.17) is 9.47 Å². The molecule has 3 aromatic carbocycles. The molecule has 1 amide bonds. The van der Waals surface area contributed by atoms with Crippen molar-refractivity contribution in [2.75, 3.05) is 13.7 Å². The Morgan fingerprint density at radius 1 is 1.00 bits per heavy atom. The fourth-order valence-electron chi connectivity index (χ4n) is 6.20. The van der Waals surface area contributed by atoms with Crippen molar-refractivity contribution in [2.24, 2.45) is 0 Å². The highest BCUT2D eigenvalue weighted by atomic mass is 16.6. The Bertz CT molecular complexity index is 1360. The summed E-state index contributed by atoms with van der Waals surface area (Å²) in [5, 5.41) is 9.67. The van der Waals surface area contributed by atoms with Crippen molar-refractivity contribution in [3.8, 4) is 22.9 Å². The topological polar surface area (TPSA) is 62.6 Å². The number of carbonyl (C=O) groups excluding carboxylic acids is 1. The van der Waals surface area contributed by atoms with Gasteiger partial charge in [-0.15, -0.1) is 0 Å². The highest BCUT2D eigenvalue weighted by molar-refractivity contribution is 5.80. The second-order valence-corrected chi connectivity index (χ2v) is 9.78. The van der Waals surface area contributed by atoms with Gasteiger partial charge in [0.15, 0.2) is 0 Å². The van der Waals surface area contributed by atoms with Gasteiger partial charge in [0.05, 0.1) is 24.8 Å². The van der Waals surface area contributed by atoms with Crippen LogP contribution in [0.2, 0.25) is 0 Å². The molecule has 0 saturated carbocycles. The van der Waals surface area contributed by atoms with Crippen LogP contribution < -0.4 is 4.74 Å². The van der Waals surface area contributed by atoms with Gasteiger partial charge in [-0.1, -0.05) is 54.6 Å². The maximum Gasteiger partial charge on any atom is 0.410 e. The lowest BCUT2D eigenvalue weighted by Gasteiger charge is -2.44. The molecule has 3 aromatic rings. The number of hydrogen-bond donors (Lipinski definition) is 0. The van der Waals surface area contributed by atoms with Gasteiger partial charge in [0.1, 0.15) is 12.4 Å². The number of nitrogens with zero attached hydrogens (tertiary/aromatic N) is 2. The summed E-state index contributed by atoms with van der Waals surface area (Å²) < 4.78 is 11.4. The molecule has 36 heavy (non-hydrogen) atoms. The zero-order valence-corrected chi connectivity index (χ0v) is 20.3.